The summed E-state index contributed by atoms with van der Waals surface area (Å²) >= 11 is 1.62. The largest absolute Gasteiger partial charge is 0.491 e. The lowest BCUT2D eigenvalue weighted by molar-refractivity contribution is 0.142. The van der Waals surface area contributed by atoms with Gasteiger partial charge in [0.05, 0.1) is 6.61 Å². The van der Waals surface area contributed by atoms with E-state index in [-0.39, 0.29) is 0 Å². The summed E-state index contributed by atoms with van der Waals surface area (Å²) in [7, 11) is 1.64. The SMILES string of the molecule is COCCOc1ccccc1C(O)c1ccccc1SC. The molecule has 0 saturated heterocycles. The Kier molecular flexibility index (Phi) is 6.11. The van der Waals surface area contributed by atoms with Gasteiger partial charge >= 0.3 is 0 Å². The number of ether oxygens (including phenoxy) is 2. The molecule has 21 heavy (non-hydrogen) atoms. The summed E-state index contributed by atoms with van der Waals surface area (Å²) in [6.07, 6.45) is 1.31. The summed E-state index contributed by atoms with van der Waals surface area (Å²) in [6, 6.07) is 15.4. The first kappa shape index (κ1) is 15.9. The first-order valence-electron chi connectivity index (χ1n) is 6.79. The fourth-order valence-corrected chi connectivity index (χ4v) is 2.76. The van der Waals surface area contributed by atoms with Gasteiger partial charge in [-0.25, -0.2) is 0 Å². The molecule has 1 N–H and O–H groups in total. The molecule has 1 atom stereocenters. The van der Waals surface area contributed by atoms with Crippen molar-refractivity contribution in [2.24, 2.45) is 0 Å². The highest BCUT2D eigenvalue weighted by Crippen LogP contribution is 2.34. The van der Waals surface area contributed by atoms with Crippen LogP contribution >= 0.6 is 11.8 Å². The van der Waals surface area contributed by atoms with Gasteiger partial charge in [-0.1, -0.05) is 36.4 Å². The molecular formula is C17H20O3S. The van der Waals surface area contributed by atoms with E-state index >= 15 is 0 Å². The summed E-state index contributed by atoms with van der Waals surface area (Å²) < 4.78 is 10.7. The molecule has 0 heterocycles. The number of aliphatic hydroxyl groups excluding tert-OH is 1. The lowest BCUT2D eigenvalue weighted by atomic mass is 10.0. The third-order valence-electron chi connectivity index (χ3n) is 3.19. The maximum atomic E-state index is 10.7. The lowest BCUT2D eigenvalue weighted by Crippen LogP contribution is -2.08. The van der Waals surface area contributed by atoms with Crippen LogP contribution in [0, 0.1) is 0 Å². The molecule has 0 aliphatic heterocycles. The fourth-order valence-electron chi connectivity index (χ4n) is 2.13. The van der Waals surface area contributed by atoms with Crippen LogP contribution in [-0.4, -0.2) is 31.7 Å². The summed E-state index contributed by atoms with van der Waals surface area (Å²) in [5, 5.41) is 10.7. The number of para-hydroxylation sites is 1. The van der Waals surface area contributed by atoms with Crippen molar-refractivity contribution in [3.05, 3.63) is 59.7 Å². The van der Waals surface area contributed by atoms with Gasteiger partial charge in [0.1, 0.15) is 18.5 Å². The van der Waals surface area contributed by atoms with Crippen LogP contribution in [0.1, 0.15) is 17.2 Å². The molecule has 2 aromatic carbocycles. The van der Waals surface area contributed by atoms with Crippen molar-refractivity contribution in [2.45, 2.75) is 11.0 Å². The van der Waals surface area contributed by atoms with Gasteiger partial charge < -0.3 is 14.6 Å². The second-order valence-electron chi connectivity index (χ2n) is 4.52. The van der Waals surface area contributed by atoms with Gasteiger partial charge in [-0.2, -0.15) is 0 Å². The third kappa shape index (κ3) is 4.00. The first-order chi connectivity index (χ1) is 10.3. The summed E-state index contributed by atoms with van der Waals surface area (Å²) in [5.74, 6) is 0.693. The lowest BCUT2D eigenvalue weighted by Gasteiger charge is -2.18. The molecule has 0 aliphatic carbocycles. The Morgan fingerprint density at radius 3 is 2.38 bits per heavy atom. The number of hydrogen-bond donors (Lipinski definition) is 1. The molecule has 0 saturated carbocycles. The maximum absolute atomic E-state index is 10.7. The second-order valence-corrected chi connectivity index (χ2v) is 5.37. The molecule has 1 unspecified atom stereocenters. The summed E-state index contributed by atoms with van der Waals surface area (Å²) in [4.78, 5) is 1.07. The van der Waals surface area contributed by atoms with Gasteiger partial charge in [-0.05, 0) is 24.0 Å². The molecule has 112 valence electrons. The van der Waals surface area contributed by atoms with Crippen molar-refractivity contribution < 1.29 is 14.6 Å². The van der Waals surface area contributed by atoms with E-state index in [0.717, 1.165) is 16.0 Å². The van der Waals surface area contributed by atoms with Gasteiger partial charge in [-0.3, -0.25) is 0 Å². The van der Waals surface area contributed by atoms with E-state index in [4.69, 9.17) is 9.47 Å². The zero-order valence-corrected chi connectivity index (χ0v) is 13.1. The Hall–Kier alpha value is -1.49. The van der Waals surface area contributed by atoms with E-state index < -0.39 is 6.10 Å². The van der Waals surface area contributed by atoms with Crippen molar-refractivity contribution in [1.29, 1.82) is 0 Å². The average molecular weight is 304 g/mol. The summed E-state index contributed by atoms with van der Waals surface area (Å²) in [6.45, 7) is 0.982. The molecule has 0 aliphatic rings. The van der Waals surface area contributed by atoms with Crippen molar-refractivity contribution in [3.8, 4) is 5.75 Å². The number of hydrogen-bond acceptors (Lipinski definition) is 4. The Morgan fingerprint density at radius 1 is 1.00 bits per heavy atom. The van der Waals surface area contributed by atoms with Crippen LogP contribution in [-0.2, 0) is 4.74 Å². The van der Waals surface area contributed by atoms with Crippen molar-refractivity contribution >= 4 is 11.8 Å². The molecule has 3 nitrogen and oxygen atoms in total. The van der Waals surface area contributed by atoms with E-state index in [0.29, 0.717) is 19.0 Å². The predicted octanol–water partition coefficient (Wildman–Crippen LogP) is 3.52. The minimum atomic E-state index is -0.701. The Balaban J connectivity index is 2.28. The van der Waals surface area contributed by atoms with E-state index in [1.807, 2.05) is 54.8 Å². The topological polar surface area (TPSA) is 38.7 Å². The van der Waals surface area contributed by atoms with Crippen molar-refractivity contribution in [1.82, 2.24) is 0 Å². The standard InChI is InChI=1S/C17H20O3S/c1-19-11-12-20-15-9-5-3-7-13(15)17(18)14-8-4-6-10-16(14)21-2/h3-10,17-18H,11-12H2,1-2H3. The van der Waals surface area contributed by atoms with Crippen molar-refractivity contribution in [3.63, 3.8) is 0 Å². The molecule has 0 fully saturated rings. The average Bonchev–Trinajstić information content (AvgIpc) is 2.55. The van der Waals surface area contributed by atoms with E-state index in [2.05, 4.69) is 0 Å². The minimum Gasteiger partial charge on any atom is -0.491 e. The third-order valence-corrected chi connectivity index (χ3v) is 4.00. The van der Waals surface area contributed by atoms with Crippen LogP contribution in [0.15, 0.2) is 53.4 Å². The summed E-state index contributed by atoms with van der Waals surface area (Å²) in [5.41, 5.74) is 1.67. The van der Waals surface area contributed by atoms with Crippen LogP contribution in [0.3, 0.4) is 0 Å². The molecule has 2 aromatic rings. The Labute approximate surface area is 129 Å². The van der Waals surface area contributed by atoms with Gasteiger partial charge in [0.25, 0.3) is 0 Å². The molecule has 0 radical (unpaired) electrons. The quantitative estimate of drug-likeness (QED) is 0.627. The van der Waals surface area contributed by atoms with Crippen LogP contribution in [0.2, 0.25) is 0 Å². The van der Waals surface area contributed by atoms with Gasteiger partial charge in [-0.15, -0.1) is 11.8 Å². The van der Waals surface area contributed by atoms with Crippen LogP contribution in [0.25, 0.3) is 0 Å². The zero-order chi connectivity index (χ0) is 15.1. The predicted molar refractivity (Wildman–Crippen MR) is 86.1 cm³/mol. The second kappa shape index (κ2) is 8.08. The number of aliphatic hydroxyl groups is 1. The highest BCUT2D eigenvalue weighted by atomic mass is 32.2. The molecule has 4 heteroatoms. The fraction of sp³-hybridized carbons (Fsp3) is 0.294. The van der Waals surface area contributed by atoms with Crippen LogP contribution < -0.4 is 4.74 Å². The molecule has 2 rings (SSSR count). The maximum Gasteiger partial charge on any atom is 0.125 e. The van der Waals surface area contributed by atoms with Crippen LogP contribution in [0.5, 0.6) is 5.75 Å². The highest BCUT2D eigenvalue weighted by Gasteiger charge is 2.17. The normalized spacial score (nSPS) is 12.1. The molecular weight excluding hydrogens is 284 g/mol. The Bertz CT molecular complexity index is 571. The Morgan fingerprint density at radius 2 is 1.67 bits per heavy atom. The smallest absolute Gasteiger partial charge is 0.125 e. The first-order valence-corrected chi connectivity index (χ1v) is 8.02. The monoisotopic (exact) mass is 304 g/mol. The molecule has 0 amide bonds. The van der Waals surface area contributed by atoms with E-state index in [9.17, 15) is 5.11 Å². The molecule has 0 aromatic heterocycles. The number of rotatable bonds is 7. The van der Waals surface area contributed by atoms with Crippen molar-refractivity contribution in [2.75, 3.05) is 26.6 Å². The number of benzene rings is 2. The highest BCUT2D eigenvalue weighted by molar-refractivity contribution is 7.98. The van der Waals surface area contributed by atoms with E-state index in [1.54, 1.807) is 18.9 Å². The molecule has 0 spiro atoms. The zero-order valence-electron chi connectivity index (χ0n) is 12.3. The molecule has 0 bridgehead atoms. The van der Waals surface area contributed by atoms with Crippen LogP contribution in [0.4, 0.5) is 0 Å². The van der Waals surface area contributed by atoms with Gasteiger partial charge in [0.15, 0.2) is 0 Å². The van der Waals surface area contributed by atoms with Gasteiger partial charge in [0.2, 0.25) is 0 Å². The number of thioether (sulfide) groups is 1. The number of methoxy groups -OCH3 is 1. The minimum absolute atomic E-state index is 0.463. The van der Waals surface area contributed by atoms with Gasteiger partial charge in [0, 0.05) is 17.6 Å². The van der Waals surface area contributed by atoms with E-state index in [1.165, 1.54) is 0 Å².